The number of benzene rings is 1. The number of piperidine rings is 1. The normalized spacial score (nSPS) is 16.1. The molecule has 116 valence electrons. The van der Waals surface area contributed by atoms with Crippen LogP contribution >= 0.6 is 11.7 Å². The molecule has 3 rings (SSSR count). The lowest BCUT2D eigenvalue weighted by molar-refractivity contribution is 0.0576. The Morgan fingerprint density at radius 2 is 2.14 bits per heavy atom. The van der Waals surface area contributed by atoms with Gasteiger partial charge in [-0.1, -0.05) is 6.08 Å². The zero-order valence-corrected chi connectivity index (χ0v) is 13.2. The summed E-state index contributed by atoms with van der Waals surface area (Å²) in [5.74, 6) is 0.620. The number of carbonyl (C=O) groups excluding carboxylic acids is 1. The minimum Gasteiger partial charge on any atom is -0.377 e. The molecule has 1 fully saturated rings. The Kier molecular flexibility index (Phi) is 4.80. The number of fused-ring (bicyclic) bond motifs is 1. The number of nitrogens with zero attached hydrogens (tertiary/aromatic N) is 3. The number of rotatable bonds is 5. The van der Waals surface area contributed by atoms with E-state index in [2.05, 4.69) is 15.3 Å². The summed E-state index contributed by atoms with van der Waals surface area (Å²) < 4.78 is 13.9. The topological polar surface area (TPSA) is 55.3 Å². The molecule has 0 spiro atoms. The minimum absolute atomic E-state index is 0.0837. The van der Waals surface area contributed by atoms with E-state index in [1.807, 2.05) is 23.1 Å². The van der Waals surface area contributed by atoms with Crippen LogP contribution in [0.25, 0.3) is 11.0 Å². The van der Waals surface area contributed by atoms with Crippen LogP contribution in [-0.2, 0) is 4.74 Å². The highest BCUT2D eigenvalue weighted by molar-refractivity contribution is 7.00. The molecule has 2 heterocycles. The number of carbonyl (C=O) groups is 1. The van der Waals surface area contributed by atoms with Crippen molar-refractivity contribution in [2.45, 2.75) is 12.8 Å². The van der Waals surface area contributed by atoms with E-state index in [1.54, 1.807) is 6.08 Å². The second-order valence-electron chi connectivity index (χ2n) is 5.53. The van der Waals surface area contributed by atoms with Crippen LogP contribution in [0.15, 0.2) is 30.9 Å². The van der Waals surface area contributed by atoms with Gasteiger partial charge in [-0.05, 0) is 37.0 Å². The first-order valence-electron chi connectivity index (χ1n) is 7.48. The fourth-order valence-electron chi connectivity index (χ4n) is 2.72. The van der Waals surface area contributed by atoms with Crippen molar-refractivity contribution in [2.75, 3.05) is 26.3 Å². The van der Waals surface area contributed by atoms with Crippen LogP contribution in [0.3, 0.4) is 0 Å². The largest absolute Gasteiger partial charge is 0.377 e. The molecule has 0 unspecified atom stereocenters. The second kappa shape index (κ2) is 6.98. The third kappa shape index (κ3) is 3.34. The standard InChI is InChI=1S/C16H19N3O2S/c1-2-9-21-11-12-5-7-19(8-6-12)16(20)13-3-4-14-15(10-13)18-22-17-14/h2-4,10,12H,1,5-9,11H2. The van der Waals surface area contributed by atoms with Gasteiger partial charge in [0, 0.05) is 25.3 Å². The van der Waals surface area contributed by atoms with Gasteiger partial charge in [0.2, 0.25) is 0 Å². The maximum Gasteiger partial charge on any atom is 0.253 e. The van der Waals surface area contributed by atoms with Crippen LogP contribution < -0.4 is 0 Å². The predicted molar refractivity (Wildman–Crippen MR) is 87.1 cm³/mol. The Balaban J connectivity index is 1.58. The molecule has 22 heavy (non-hydrogen) atoms. The van der Waals surface area contributed by atoms with E-state index in [4.69, 9.17) is 4.74 Å². The lowest BCUT2D eigenvalue weighted by Gasteiger charge is -2.31. The Bertz CT molecular complexity index is 662. The molecule has 6 heteroatoms. The fourth-order valence-corrected chi connectivity index (χ4v) is 3.24. The summed E-state index contributed by atoms with van der Waals surface area (Å²) >= 11 is 1.17. The van der Waals surface area contributed by atoms with E-state index in [-0.39, 0.29) is 5.91 Å². The van der Waals surface area contributed by atoms with Gasteiger partial charge in [0.15, 0.2) is 0 Å². The number of amides is 1. The first-order chi connectivity index (χ1) is 10.8. The minimum atomic E-state index is 0.0837. The van der Waals surface area contributed by atoms with Crippen LogP contribution in [0.5, 0.6) is 0 Å². The quantitative estimate of drug-likeness (QED) is 0.628. The van der Waals surface area contributed by atoms with Gasteiger partial charge in [-0.2, -0.15) is 8.75 Å². The summed E-state index contributed by atoms with van der Waals surface area (Å²) in [6.07, 6.45) is 3.74. The van der Waals surface area contributed by atoms with Crippen molar-refractivity contribution in [2.24, 2.45) is 5.92 Å². The molecule has 1 aromatic heterocycles. The van der Waals surface area contributed by atoms with Crippen molar-refractivity contribution in [3.63, 3.8) is 0 Å². The van der Waals surface area contributed by atoms with Gasteiger partial charge in [0.25, 0.3) is 5.91 Å². The molecule has 0 aliphatic carbocycles. The van der Waals surface area contributed by atoms with E-state index in [0.29, 0.717) is 18.1 Å². The Hall–Kier alpha value is -1.79. The summed E-state index contributed by atoms with van der Waals surface area (Å²) in [6.45, 7) is 6.57. The maximum absolute atomic E-state index is 12.6. The summed E-state index contributed by atoms with van der Waals surface area (Å²) in [6, 6.07) is 5.54. The summed E-state index contributed by atoms with van der Waals surface area (Å²) in [5.41, 5.74) is 2.34. The SMILES string of the molecule is C=CCOCC1CCN(C(=O)c2ccc3nsnc3c2)CC1. The molecule has 1 saturated heterocycles. The van der Waals surface area contributed by atoms with Crippen molar-refractivity contribution in [1.29, 1.82) is 0 Å². The van der Waals surface area contributed by atoms with Gasteiger partial charge in [0.1, 0.15) is 11.0 Å². The third-order valence-corrected chi connectivity index (χ3v) is 4.55. The van der Waals surface area contributed by atoms with Crippen molar-refractivity contribution in [1.82, 2.24) is 13.6 Å². The Labute approximate surface area is 133 Å². The Morgan fingerprint density at radius 1 is 1.36 bits per heavy atom. The molecule has 0 radical (unpaired) electrons. The highest BCUT2D eigenvalue weighted by atomic mass is 32.1. The number of hydrogen-bond donors (Lipinski definition) is 0. The molecule has 1 aliphatic heterocycles. The van der Waals surface area contributed by atoms with Gasteiger partial charge in [-0.25, -0.2) is 0 Å². The zero-order chi connectivity index (χ0) is 15.4. The first-order valence-corrected chi connectivity index (χ1v) is 8.21. The van der Waals surface area contributed by atoms with Gasteiger partial charge in [0.05, 0.1) is 18.3 Å². The molecule has 1 amide bonds. The molecule has 5 nitrogen and oxygen atoms in total. The molecular formula is C16H19N3O2S. The molecular weight excluding hydrogens is 298 g/mol. The molecule has 0 saturated carbocycles. The van der Waals surface area contributed by atoms with Gasteiger partial charge in [-0.15, -0.1) is 6.58 Å². The van der Waals surface area contributed by atoms with E-state index in [0.717, 1.165) is 43.6 Å². The second-order valence-corrected chi connectivity index (χ2v) is 6.06. The lowest BCUT2D eigenvalue weighted by atomic mass is 9.97. The number of hydrogen-bond acceptors (Lipinski definition) is 5. The molecule has 0 bridgehead atoms. The average Bonchev–Trinajstić information content (AvgIpc) is 3.02. The number of likely N-dealkylation sites (tertiary alicyclic amines) is 1. The third-order valence-electron chi connectivity index (χ3n) is 3.99. The van der Waals surface area contributed by atoms with E-state index in [9.17, 15) is 4.79 Å². The van der Waals surface area contributed by atoms with Gasteiger partial charge >= 0.3 is 0 Å². The van der Waals surface area contributed by atoms with Crippen LogP contribution in [0, 0.1) is 5.92 Å². The van der Waals surface area contributed by atoms with Crippen molar-refractivity contribution >= 4 is 28.7 Å². The molecule has 1 aliphatic rings. The fraction of sp³-hybridized carbons (Fsp3) is 0.438. The average molecular weight is 317 g/mol. The van der Waals surface area contributed by atoms with E-state index >= 15 is 0 Å². The molecule has 0 atom stereocenters. The van der Waals surface area contributed by atoms with Gasteiger partial charge in [-0.3, -0.25) is 4.79 Å². The zero-order valence-electron chi connectivity index (χ0n) is 12.4. The molecule has 2 aromatic rings. The van der Waals surface area contributed by atoms with Crippen molar-refractivity contribution in [3.05, 3.63) is 36.4 Å². The molecule has 1 aromatic carbocycles. The summed E-state index contributed by atoms with van der Waals surface area (Å²) in [4.78, 5) is 14.5. The van der Waals surface area contributed by atoms with E-state index in [1.165, 1.54) is 11.7 Å². The first kappa shape index (κ1) is 15.1. The molecule has 0 N–H and O–H groups in total. The summed E-state index contributed by atoms with van der Waals surface area (Å²) in [7, 11) is 0. The van der Waals surface area contributed by atoms with Crippen LogP contribution in [0.2, 0.25) is 0 Å². The lowest BCUT2D eigenvalue weighted by Crippen LogP contribution is -2.39. The number of ether oxygens (including phenoxy) is 1. The van der Waals surface area contributed by atoms with Crippen LogP contribution in [0.4, 0.5) is 0 Å². The highest BCUT2D eigenvalue weighted by Crippen LogP contribution is 2.21. The van der Waals surface area contributed by atoms with Crippen molar-refractivity contribution < 1.29 is 9.53 Å². The van der Waals surface area contributed by atoms with Crippen molar-refractivity contribution in [3.8, 4) is 0 Å². The smallest absolute Gasteiger partial charge is 0.253 e. The predicted octanol–water partition coefficient (Wildman–Crippen LogP) is 2.75. The summed E-state index contributed by atoms with van der Waals surface area (Å²) in [5, 5.41) is 0. The Morgan fingerprint density at radius 3 is 2.91 bits per heavy atom. The van der Waals surface area contributed by atoms with Gasteiger partial charge < -0.3 is 9.64 Å². The van der Waals surface area contributed by atoms with Crippen LogP contribution in [0.1, 0.15) is 23.2 Å². The maximum atomic E-state index is 12.6. The monoisotopic (exact) mass is 317 g/mol. The van der Waals surface area contributed by atoms with Crippen LogP contribution in [-0.4, -0.2) is 45.9 Å². The van der Waals surface area contributed by atoms with E-state index < -0.39 is 0 Å². The highest BCUT2D eigenvalue weighted by Gasteiger charge is 2.24. The number of aromatic nitrogens is 2.